The maximum absolute atomic E-state index is 5.43. The minimum atomic E-state index is -0.0776. The van der Waals surface area contributed by atoms with E-state index in [0.29, 0.717) is 13.2 Å². The van der Waals surface area contributed by atoms with Crippen LogP contribution in [0.2, 0.25) is 0 Å². The molecule has 0 unspecified atom stereocenters. The van der Waals surface area contributed by atoms with Crippen LogP contribution < -0.4 is 5.32 Å². The van der Waals surface area contributed by atoms with E-state index in [1.165, 1.54) is 25.7 Å². The highest BCUT2D eigenvalue weighted by molar-refractivity contribution is 4.52. The average molecular weight is 217 g/mol. The second-order valence-electron chi connectivity index (χ2n) is 3.61. The molecular formula is C12H27NO2. The van der Waals surface area contributed by atoms with Gasteiger partial charge in [-0.2, -0.15) is 0 Å². The predicted octanol–water partition coefficient (Wildman–Crippen LogP) is 2.56. The van der Waals surface area contributed by atoms with Gasteiger partial charge in [-0.1, -0.05) is 26.2 Å². The van der Waals surface area contributed by atoms with Crippen molar-refractivity contribution >= 4 is 0 Å². The fourth-order valence-electron chi connectivity index (χ4n) is 1.43. The Kier molecular flexibility index (Phi) is 11.9. The number of hydrogen-bond acceptors (Lipinski definition) is 3. The van der Waals surface area contributed by atoms with Crippen LogP contribution in [0.1, 0.15) is 46.5 Å². The van der Waals surface area contributed by atoms with E-state index in [9.17, 15) is 0 Å². The summed E-state index contributed by atoms with van der Waals surface area (Å²) in [6.45, 7) is 9.50. The van der Waals surface area contributed by atoms with Gasteiger partial charge in [0.2, 0.25) is 0 Å². The monoisotopic (exact) mass is 217 g/mol. The van der Waals surface area contributed by atoms with Crippen LogP contribution in [0.25, 0.3) is 0 Å². The zero-order valence-corrected chi connectivity index (χ0v) is 10.6. The van der Waals surface area contributed by atoms with Crippen molar-refractivity contribution in [3.05, 3.63) is 0 Å². The highest BCUT2D eigenvalue weighted by atomic mass is 16.7. The summed E-state index contributed by atoms with van der Waals surface area (Å²) in [5, 5.41) is 3.36. The van der Waals surface area contributed by atoms with Crippen LogP contribution in [0.3, 0.4) is 0 Å². The molecule has 0 saturated carbocycles. The molecule has 0 aliphatic rings. The van der Waals surface area contributed by atoms with Gasteiger partial charge >= 0.3 is 0 Å². The third kappa shape index (κ3) is 10.2. The second kappa shape index (κ2) is 12.0. The van der Waals surface area contributed by atoms with E-state index in [1.54, 1.807) is 0 Å². The first-order chi connectivity index (χ1) is 7.35. The maximum atomic E-state index is 5.43. The molecule has 0 radical (unpaired) electrons. The lowest BCUT2D eigenvalue weighted by Gasteiger charge is -2.17. The van der Waals surface area contributed by atoms with Gasteiger partial charge < -0.3 is 14.8 Å². The summed E-state index contributed by atoms with van der Waals surface area (Å²) in [7, 11) is 0. The summed E-state index contributed by atoms with van der Waals surface area (Å²) in [4.78, 5) is 0. The molecule has 0 fully saturated rings. The van der Waals surface area contributed by atoms with Gasteiger partial charge in [0.15, 0.2) is 6.29 Å². The molecule has 0 atom stereocenters. The zero-order chi connectivity index (χ0) is 11.4. The summed E-state index contributed by atoms with van der Waals surface area (Å²) in [5.74, 6) is 0. The lowest BCUT2D eigenvalue weighted by Crippen LogP contribution is -2.32. The summed E-state index contributed by atoms with van der Waals surface area (Å²) in [6, 6.07) is 0. The first-order valence-corrected chi connectivity index (χ1v) is 6.29. The number of hydrogen-bond donors (Lipinski definition) is 1. The zero-order valence-electron chi connectivity index (χ0n) is 10.6. The highest BCUT2D eigenvalue weighted by Gasteiger charge is 2.05. The second-order valence-corrected chi connectivity index (χ2v) is 3.61. The normalized spacial score (nSPS) is 11.2. The van der Waals surface area contributed by atoms with Gasteiger partial charge in [0, 0.05) is 19.8 Å². The highest BCUT2D eigenvalue weighted by Crippen LogP contribution is 1.98. The van der Waals surface area contributed by atoms with Crippen LogP contribution in [0.15, 0.2) is 0 Å². The molecule has 0 heterocycles. The number of rotatable bonds is 11. The van der Waals surface area contributed by atoms with Crippen molar-refractivity contribution in [1.82, 2.24) is 5.32 Å². The first kappa shape index (κ1) is 14.9. The Morgan fingerprint density at radius 2 is 1.60 bits per heavy atom. The molecule has 3 nitrogen and oxygen atoms in total. The van der Waals surface area contributed by atoms with Crippen molar-refractivity contribution in [3.63, 3.8) is 0 Å². The smallest absolute Gasteiger partial charge is 0.169 e. The average Bonchev–Trinajstić information content (AvgIpc) is 2.24. The van der Waals surface area contributed by atoms with Crippen molar-refractivity contribution in [2.45, 2.75) is 52.7 Å². The van der Waals surface area contributed by atoms with E-state index in [-0.39, 0.29) is 6.29 Å². The van der Waals surface area contributed by atoms with Crippen LogP contribution in [0, 0.1) is 0 Å². The molecule has 0 saturated heterocycles. The van der Waals surface area contributed by atoms with Crippen LogP contribution in [0.5, 0.6) is 0 Å². The Morgan fingerprint density at radius 1 is 0.933 bits per heavy atom. The quantitative estimate of drug-likeness (QED) is 0.426. The third-order valence-corrected chi connectivity index (χ3v) is 2.22. The summed E-state index contributed by atoms with van der Waals surface area (Å²) in [5.41, 5.74) is 0. The van der Waals surface area contributed by atoms with Gasteiger partial charge in [-0.25, -0.2) is 0 Å². The molecule has 0 bridgehead atoms. The van der Waals surface area contributed by atoms with Gasteiger partial charge in [-0.15, -0.1) is 0 Å². The van der Waals surface area contributed by atoms with Crippen LogP contribution in [0.4, 0.5) is 0 Å². The molecule has 0 aromatic carbocycles. The molecule has 0 rings (SSSR count). The molecule has 0 spiro atoms. The standard InChI is InChI=1S/C12H27NO2/c1-4-7-8-9-10-13-11-12(14-5-2)15-6-3/h12-13H,4-11H2,1-3H3. The maximum Gasteiger partial charge on any atom is 0.169 e. The largest absolute Gasteiger partial charge is 0.352 e. The third-order valence-electron chi connectivity index (χ3n) is 2.22. The first-order valence-electron chi connectivity index (χ1n) is 6.29. The molecule has 1 N–H and O–H groups in total. The van der Waals surface area contributed by atoms with Crippen LogP contribution in [-0.2, 0) is 9.47 Å². The molecule has 0 amide bonds. The molecule has 15 heavy (non-hydrogen) atoms. The van der Waals surface area contributed by atoms with E-state index in [0.717, 1.165) is 13.1 Å². The Morgan fingerprint density at radius 3 is 2.13 bits per heavy atom. The predicted molar refractivity (Wildman–Crippen MR) is 64.1 cm³/mol. The molecule has 0 aromatic rings. The molecule has 0 aliphatic carbocycles. The lowest BCUT2D eigenvalue weighted by molar-refractivity contribution is -0.132. The van der Waals surface area contributed by atoms with E-state index in [4.69, 9.17) is 9.47 Å². The minimum absolute atomic E-state index is 0.0776. The Bertz CT molecular complexity index is 114. The van der Waals surface area contributed by atoms with E-state index in [2.05, 4.69) is 12.2 Å². The number of unbranched alkanes of at least 4 members (excludes halogenated alkanes) is 3. The van der Waals surface area contributed by atoms with Crippen molar-refractivity contribution < 1.29 is 9.47 Å². The Balaban J connectivity index is 3.28. The van der Waals surface area contributed by atoms with Crippen molar-refractivity contribution in [3.8, 4) is 0 Å². The number of ether oxygens (including phenoxy) is 2. The van der Waals surface area contributed by atoms with E-state index in [1.807, 2.05) is 13.8 Å². The van der Waals surface area contributed by atoms with Gasteiger partial charge in [0.05, 0.1) is 0 Å². The summed E-state index contributed by atoms with van der Waals surface area (Å²) < 4.78 is 10.9. The van der Waals surface area contributed by atoms with Gasteiger partial charge in [-0.05, 0) is 26.8 Å². The fraction of sp³-hybridized carbons (Fsp3) is 1.00. The number of nitrogens with one attached hydrogen (secondary N) is 1. The molecule has 3 heteroatoms. The lowest BCUT2D eigenvalue weighted by atomic mass is 10.2. The van der Waals surface area contributed by atoms with Gasteiger partial charge in [-0.3, -0.25) is 0 Å². The van der Waals surface area contributed by atoms with E-state index < -0.39 is 0 Å². The Labute approximate surface area is 94.5 Å². The van der Waals surface area contributed by atoms with Gasteiger partial charge in [0.25, 0.3) is 0 Å². The fourth-order valence-corrected chi connectivity index (χ4v) is 1.43. The van der Waals surface area contributed by atoms with Crippen LogP contribution in [-0.4, -0.2) is 32.6 Å². The molecule has 92 valence electrons. The van der Waals surface area contributed by atoms with Crippen molar-refractivity contribution in [1.29, 1.82) is 0 Å². The summed E-state index contributed by atoms with van der Waals surface area (Å²) in [6.07, 6.45) is 5.12. The van der Waals surface area contributed by atoms with Gasteiger partial charge in [0.1, 0.15) is 0 Å². The van der Waals surface area contributed by atoms with E-state index >= 15 is 0 Å². The molecular weight excluding hydrogens is 190 g/mol. The summed E-state index contributed by atoms with van der Waals surface area (Å²) >= 11 is 0. The Hall–Kier alpha value is -0.120. The molecule has 0 aliphatic heterocycles. The molecule has 0 aromatic heterocycles. The van der Waals surface area contributed by atoms with Crippen molar-refractivity contribution in [2.24, 2.45) is 0 Å². The topological polar surface area (TPSA) is 30.5 Å². The van der Waals surface area contributed by atoms with Crippen molar-refractivity contribution in [2.75, 3.05) is 26.3 Å². The van der Waals surface area contributed by atoms with Crippen LogP contribution >= 0.6 is 0 Å². The SMILES string of the molecule is CCCCCCNCC(OCC)OCC. The minimum Gasteiger partial charge on any atom is -0.352 e.